The highest BCUT2D eigenvalue weighted by Gasteiger charge is 2.27. The summed E-state index contributed by atoms with van der Waals surface area (Å²) < 4.78 is 6.95. The van der Waals surface area contributed by atoms with Crippen molar-refractivity contribution in [2.45, 2.75) is 41.0 Å². The van der Waals surface area contributed by atoms with Gasteiger partial charge in [0.2, 0.25) is 0 Å². The Bertz CT molecular complexity index is 907. The fourth-order valence-corrected chi connectivity index (χ4v) is 3.21. The Balaban J connectivity index is 2.66. The quantitative estimate of drug-likeness (QED) is 0.575. The van der Waals surface area contributed by atoms with Crippen molar-refractivity contribution in [1.82, 2.24) is 4.57 Å². The number of hydrogen-bond donors (Lipinski definition) is 0. The molecule has 0 saturated heterocycles. The Morgan fingerprint density at radius 3 is 2.19 bits per heavy atom. The van der Waals surface area contributed by atoms with Crippen LogP contribution < -0.4 is 0 Å². The van der Waals surface area contributed by atoms with Gasteiger partial charge in [0.15, 0.2) is 5.78 Å². The molecular formula is C22H26N2O3. The van der Waals surface area contributed by atoms with E-state index in [2.05, 4.69) is 6.07 Å². The normalized spacial score (nSPS) is 11.1. The summed E-state index contributed by atoms with van der Waals surface area (Å²) in [5.74, 6) is -0.413. The number of nitriles is 1. The lowest BCUT2D eigenvalue weighted by molar-refractivity contribution is 0.0515. The number of carbonyl (C=O) groups is 2. The summed E-state index contributed by atoms with van der Waals surface area (Å²) in [7, 11) is 1.77. The van der Waals surface area contributed by atoms with Gasteiger partial charge in [-0.2, -0.15) is 5.26 Å². The fourth-order valence-electron chi connectivity index (χ4n) is 3.21. The molecule has 27 heavy (non-hydrogen) atoms. The molecule has 0 amide bonds. The third kappa shape index (κ3) is 3.80. The molecule has 0 radical (unpaired) electrons. The van der Waals surface area contributed by atoms with E-state index in [0.29, 0.717) is 28.8 Å². The molecule has 5 nitrogen and oxygen atoms in total. The molecule has 2 rings (SSSR count). The van der Waals surface area contributed by atoms with Crippen LogP contribution in [0.5, 0.6) is 0 Å². The number of aromatic nitrogens is 1. The third-order valence-electron chi connectivity index (χ3n) is 4.55. The molecule has 0 aliphatic rings. The van der Waals surface area contributed by atoms with E-state index in [9.17, 15) is 14.9 Å². The largest absolute Gasteiger partial charge is 0.461 e. The van der Waals surface area contributed by atoms with Crippen LogP contribution in [0.4, 0.5) is 0 Å². The van der Waals surface area contributed by atoms with Gasteiger partial charge < -0.3 is 9.30 Å². The van der Waals surface area contributed by atoms with Crippen LogP contribution in [-0.4, -0.2) is 22.9 Å². The second-order valence-corrected chi connectivity index (χ2v) is 7.45. The SMILES string of the molecule is CCOC(=O)c1c(-c2ccc(C(=O)C(C)(C)C)cc2)c(C#N)c(CC)n1C. The van der Waals surface area contributed by atoms with Crippen LogP contribution in [0.2, 0.25) is 0 Å². The molecule has 0 unspecified atom stereocenters. The number of nitrogens with zero attached hydrogens (tertiary/aromatic N) is 2. The molecule has 1 aromatic heterocycles. The Hall–Kier alpha value is -2.87. The Kier molecular flexibility index (Phi) is 5.90. The smallest absolute Gasteiger partial charge is 0.355 e. The minimum Gasteiger partial charge on any atom is -0.461 e. The summed E-state index contributed by atoms with van der Waals surface area (Å²) in [6, 6.07) is 9.31. The van der Waals surface area contributed by atoms with Gasteiger partial charge in [-0.1, -0.05) is 52.0 Å². The summed E-state index contributed by atoms with van der Waals surface area (Å²) in [5, 5.41) is 9.72. The molecule has 0 aliphatic heterocycles. The lowest BCUT2D eigenvalue weighted by Crippen LogP contribution is -2.20. The van der Waals surface area contributed by atoms with Gasteiger partial charge in [0, 0.05) is 29.3 Å². The number of benzene rings is 1. The summed E-state index contributed by atoms with van der Waals surface area (Å²) in [6.07, 6.45) is 0.617. The molecule has 0 atom stereocenters. The monoisotopic (exact) mass is 366 g/mol. The Morgan fingerprint density at radius 1 is 1.15 bits per heavy atom. The molecule has 1 heterocycles. The number of ketones is 1. The van der Waals surface area contributed by atoms with Crippen LogP contribution in [0.25, 0.3) is 11.1 Å². The highest BCUT2D eigenvalue weighted by atomic mass is 16.5. The lowest BCUT2D eigenvalue weighted by Gasteiger charge is -2.16. The van der Waals surface area contributed by atoms with Crippen molar-refractivity contribution in [3.8, 4) is 17.2 Å². The molecule has 5 heteroatoms. The van der Waals surface area contributed by atoms with Crippen molar-refractivity contribution in [3.63, 3.8) is 0 Å². The molecule has 142 valence electrons. The summed E-state index contributed by atoms with van der Waals surface area (Å²) in [4.78, 5) is 25.0. The first-order valence-electron chi connectivity index (χ1n) is 9.11. The van der Waals surface area contributed by atoms with Crippen LogP contribution in [-0.2, 0) is 18.2 Å². The van der Waals surface area contributed by atoms with Gasteiger partial charge in [-0.25, -0.2) is 4.79 Å². The third-order valence-corrected chi connectivity index (χ3v) is 4.55. The van der Waals surface area contributed by atoms with E-state index in [-0.39, 0.29) is 12.4 Å². The molecule has 0 saturated carbocycles. The van der Waals surface area contributed by atoms with Gasteiger partial charge in [0.25, 0.3) is 0 Å². The maximum atomic E-state index is 12.6. The summed E-state index contributed by atoms with van der Waals surface area (Å²) >= 11 is 0. The average molecular weight is 366 g/mol. The zero-order chi connectivity index (χ0) is 20.4. The van der Waals surface area contributed by atoms with Gasteiger partial charge in [-0.05, 0) is 18.9 Å². The van der Waals surface area contributed by atoms with Crippen molar-refractivity contribution in [3.05, 3.63) is 46.8 Å². The highest BCUT2D eigenvalue weighted by Crippen LogP contribution is 2.34. The summed E-state index contributed by atoms with van der Waals surface area (Å²) in [6.45, 7) is 9.58. The van der Waals surface area contributed by atoms with Crippen molar-refractivity contribution in [1.29, 1.82) is 5.26 Å². The van der Waals surface area contributed by atoms with E-state index in [0.717, 1.165) is 11.3 Å². The number of carbonyl (C=O) groups excluding carboxylic acids is 2. The second kappa shape index (κ2) is 7.79. The minimum atomic E-state index is -0.475. The lowest BCUT2D eigenvalue weighted by atomic mass is 9.86. The number of rotatable bonds is 5. The van der Waals surface area contributed by atoms with Crippen LogP contribution in [0.15, 0.2) is 24.3 Å². The van der Waals surface area contributed by atoms with Crippen LogP contribution in [0.3, 0.4) is 0 Å². The van der Waals surface area contributed by atoms with Gasteiger partial charge >= 0.3 is 5.97 Å². The van der Waals surface area contributed by atoms with E-state index in [1.165, 1.54) is 0 Å². The van der Waals surface area contributed by atoms with Crippen molar-refractivity contribution >= 4 is 11.8 Å². The van der Waals surface area contributed by atoms with Crippen LogP contribution in [0.1, 0.15) is 66.7 Å². The summed E-state index contributed by atoms with van der Waals surface area (Å²) in [5.41, 5.74) is 3.02. The molecule has 0 aliphatic carbocycles. The first-order valence-corrected chi connectivity index (χ1v) is 9.11. The highest BCUT2D eigenvalue weighted by molar-refractivity contribution is 6.01. The van der Waals surface area contributed by atoms with E-state index in [1.807, 2.05) is 27.7 Å². The zero-order valence-electron chi connectivity index (χ0n) is 16.8. The predicted molar refractivity (Wildman–Crippen MR) is 105 cm³/mol. The molecule has 0 spiro atoms. The first-order chi connectivity index (χ1) is 12.7. The second-order valence-electron chi connectivity index (χ2n) is 7.45. The zero-order valence-corrected chi connectivity index (χ0v) is 16.8. The van der Waals surface area contributed by atoms with Crippen molar-refractivity contribution in [2.75, 3.05) is 6.61 Å². The maximum absolute atomic E-state index is 12.6. The first kappa shape index (κ1) is 20.4. The maximum Gasteiger partial charge on any atom is 0.355 e. The van der Waals surface area contributed by atoms with E-state index in [4.69, 9.17) is 4.74 Å². The number of hydrogen-bond acceptors (Lipinski definition) is 4. The van der Waals surface area contributed by atoms with Crippen molar-refractivity contribution in [2.24, 2.45) is 12.5 Å². The number of ether oxygens (including phenoxy) is 1. The molecule has 2 aromatic rings. The average Bonchev–Trinajstić information content (AvgIpc) is 2.92. The molecule has 0 bridgehead atoms. The fraction of sp³-hybridized carbons (Fsp3) is 0.409. The van der Waals surface area contributed by atoms with Gasteiger partial charge in [0.1, 0.15) is 11.8 Å². The number of esters is 1. The standard InChI is InChI=1S/C22H26N2O3/c1-7-17-16(13-23)18(19(24(17)6)21(26)27-8-2)14-9-11-15(12-10-14)20(25)22(3,4)5/h9-12H,7-8H2,1-6H3. The van der Waals surface area contributed by atoms with Gasteiger partial charge in [-0.3, -0.25) is 4.79 Å². The molecular weight excluding hydrogens is 340 g/mol. The van der Waals surface area contributed by atoms with Gasteiger partial charge in [-0.15, -0.1) is 0 Å². The van der Waals surface area contributed by atoms with Crippen LogP contribution >= 0.6 is 0 Å². The minimum absolute atomic E-state index is 0.0440. The van der Waals surface area contributed by atoms with E-state index >= 15 is 0 Å². The Morgan fingerprint density at radius 2 is 1.74 bits per heavy atom. The molecule has 0 fully saturated rings. The number of Topliss-reactive ketones (excluding diaryl/α,β-unsaturated/α-hetero) is 1. The predicted octanol–water partition coefficient (Wildman–Crippen LogP) is 4.53. The van der Waals surface area contributed by atoms with Gasteiger partial charge in [0.05, 0.1) is 12.2 Å². The Labute approximate surface area is 160 Å². The van der Waals surface area contributed by atoms with Crippen LogP contribution in [0, 0.1) is 16.7 Å². The topological polar surface area (TPSA) is 72.1 Å². The van der Waals surface area contributed by atoms with E-state index in [1.54, 1.807) is 42.8 Å². The van der Waals surface area contributed by atoms with E-state index < -0.39 is 11.4 Å². The molecule has 1 aromatic carbocycles. The van der Waals surface area contributed by atoms with Crippen molar-refractivity contribution < 1.29 is 14.3 Å². The molecule has 0 N–H and O–H groups in total.